The van der Waals surface area contributed by atoms with Gasteiger partial charge in [0.1, 0.15) is 23.0 Å². The van der Waals surface area contributed by atoms with E-state index in [1.165, 1.54) is 0 Å². The Labute approximate surface area is 257 Å². The highest BCUT2D eigenvalue weighted by molar-refractivity contribution is 5.61. The normalized spacial score (nSPS) is 11.6. The lowest BCUT2D eigenvalue weighted by atomic mass is 10.2. The maximum atomic E-state index is 6.18. The smallest absolute Gasteiger partial charge is 0.134 e. The van der Waals surface area contributed by atoms with Gasteiger partial charge < -0.3 is 33.8 Å². The SMILES string of the molecule is C=C(Oc1cc(OCCCN(C)CCN(CC)CC)ccc1C)c1ccc(OCCCN(C)CCN(CC)CC)cc1. The molecule has 0 radical (unpaired) electrons. The average Bonchev–Trinajstić information content (AvgIpc) is 3.00. The standard InChI is InChI=1S/C35H58N4O3/c1-9-38(10-2)25-23-36(7)21-13-27-40-33-19-16-32(17-20-33)31(6)42-35-29-34(18-15-30(35)5)41-28-14-22-37(8)24-26-39(11-3)12-4/h15-20,29H,6,9-14,21-28H2,1-5,7-8H3. The average molecular weight is 583 g/mol. The van der Waals surface area contributed by atoms with Gasteiger partial charge in [-0.3, -0.25) is 0 Å². The first kappa shape index (κ1) is 35.6. The lowest BCUT2D eigenvalue weighted by Gasteiger charge is -2.23. The van der Waals surface area contributed by atoms with Crippen molar-refractivity contribution in [3.8, 4) is 17.2 Å². The van der Waals surface area contributed by atoms with E-state index in [-0.39, 0.29) is 0 Å². The van der Waals surface area contributed by atoms with E-state index < -0.39 is 0 Å². The van der Waals surface area contributed by atoms with Gasteiger partial charge in [0, 0.05) is 50.9 Å². The number of aryl methyl sites for hydroxylation is 1. The number of rotatable bonds is 23. The third-order valence-corrected chi connectivity index (χ3v) is 7.86. The van der Waals surface area contributed by atoms with Gasteiger partial charge in [-0.2, -0.15) is 0 Å². The number of hydrogen-bond donors (Lipinski definition) is 0. The first-order valence-corrected chi connectivity index (χ1v) is 15.9. The van der Waals surface area contributed by atoms with Crippen molar-refractivity contribution in [2.75, 3.05) is 92.8 Å². The van der Waals surface area contributed by atoms with Crippen molar-refractivity contribution in [3.05, 3.63) is 60.2 Å². The molecule has 0 unspecified atom stereocenters. The van der Waals surface area contributed by atoms with Crippen molar-refractivity contribution in [2.24, 2.45) is 0 Å². The summed E-state index contributed by atoms with van der Waals surface area (Å²) >= 11 is 0. The molecule has 0 amide bonds. The molecule has 0 N–H and O–H groups in total. The minimum atomic E-state index is 0.603. The maximum absolute atomic E-state index is 6.18. The van der Waals surface area contributed by atoms with Crippen molar-refractivity contribution >= 4 is 5.76 Å². The van der Waals surface area contributed by atoms with Crippen molar-refractivity contribution < 1.29 is 14.2 Å². The summed E-state index contributed by atoms with van der Waals surface area (Å²) in [4.78, 5) is 9.66. The highest BCUT2D eigenvalue weighted by Crippen LogP contribution is 2.28. The van der Waals surface area contributed by atoms with Gasteiger partial charge in [0.15, 0.2) is 0 Å². The summed E-state index contributed by atoms with van der Waals surface area (Å²) in [5.74, 6) is 3.05. The molecule has 7 nitrogen and oxygen atoms in total. The molecule has 0 saturated carbocycles. The summed E-state index contributed by atoms with van der Waals surface area (Å²) in [7, 11) is 4.36. The van der Waals surface area contributed by atoms with Crippen LogP contribution in [0.2, 0.25) is 0 Å². The Hall–Kier alpha value is -2.58. The molecule has 236 valence electrons. The molecule has 2 rings (SSSR count). The third kappa shape index (κ3) is 13.6. The second-order valence-corrected chi connectivity index (χ2v) is 11.0. The van der Waals surface area contributed by atoms with Crippen LogP contribution in [0.3, 0.4) is 0 Å². The van der Waals surface area contributed by atoms with Crippen LogP contribution in [-0.2, 0) is 0 Å². The first-order chi connectivity index (χ1) is 20.3. The lowest BCUT2D eigenvalue weighted by molar-refractivity contribution is 0.223. The van der Waals surface area contributed by atoms with Gasteiger partial charge >= 0.3 is 0 Å². The number of likely N-dealkylation sites (N-methyl/N-ethyl adjacent to an activating group) is 4. The number of benzene rings is 2. The van der Waals surface area contributed by atoms with Crippen molar-refractivity contribution in [2.45, 2.75) is 47.5 Å². The molecule has 0 aliphatic carbocycles. The number of nitrogens with zero attached hydrogens (tertiary/aromatic N) is 4. The fourth-order valence-electron chi connectivity index (χ4n) is 4.69. The Bertz CT molecular complexity index is 1010. The second-order valence-electron chi connectivity index (χ2n) is 11.0. The molecule has 0 saturated heterocycles. The molecule has 0 fully saturated rings. The zero-order chi connectivity index (χ0) is 30.7. The van der Waals surface area contributed by atoms with E-state index in [0.29, 0.717) is 19.0 Å². The fraction of sp³-hybridized carbons (Fsp3) is 0.600. The molecule has 0 bridgehead atoms. The van der Waals surface area contributed by atoms with Crippen LogP contribution in [0.15, 0.2) is 49.0 Å². The van der Waals surface area contributed by atoms with E-state index in [2.05, 4.69) is 68.0 Å². The van der Waals surface area contributed by atoms with Crippen molar-refractivity contribution in [1.82, 2.24) is 19.6 Å². The molecular weight excluding hydrogens is 524 g/mol. The molecule has 0 aliphatic rings. The number of ether oxygens (including phenoxy) is 3. The molecule has 7 heteroatoms. The van der Waals surface area contributed by atoms with Gasteiger partial charge in [0.2, 0.25) is 0 Å². The first-order valence-electron chi connectivity index (χ1n) is 15.9. The van der Waals surface area contributed by atoms with Gasteiger partial charge in [0.05, 0.1) is 13.2 Å². The molecule has 0 aliphatic heterocycles. The molecule has 42 heavy (non-hydrogen) atoms. The van der Waals surface area contributed by atoms with Crippen LogP contribution in [0.1, 0.15) is 51.7 Å². The molecule has 0 heterocycles. The van der Waals surface area contributed by atoms with Crippen LogP contribution in [-0.4, -0.2) is 112 Å². The van der Waals surface area contributed by atoms with Crippen LogP contribution in [0, 0.1) is 6.92 Å². The zero-order valence-corrected chi connectivity index (χ0v) is 27.7. The fourth-order valence-corrected chi connectivity index (χ4v) is 4.69. The third-order valence-electron chi connectivity index (χ3n) is 7.86. The Morgan fingerprint density at radius 2 is 1.12 bits per heavy atom. The highest BCUT2D eigenvalue weighted by Gasteiger charge is 2.09. The quantitative estimate of drug-likeness (QED) is 0.115. The van der Waals surface area contributed by atoms with Gasteiger partial charge in [-0.25, -0.2) is 0 Å². The Balaban J connectivity index is 1.74. The monoisotopic (exact) mass is 582 g/mol. The zero-order valence-electron chi connectivity index (χ0n) is 27.7. The van der Waals surface area contributed by atoms with Crippen molar-refractivity contribution in [3.63, 3.8) is 0 Å². The topological polar surface area (TPSA) is 40.7 Å². The van der Waals surface area contributed by atoms with Crippen molar-refractivity contribution in [1.29, 1.82) is 0 Å². The predicted molar refractivity (Wildman–Crippen MR) is 178 cm³/mol. The molecule has 0 spiro atoms. The van der Waals surface area contributed by atoms with Gasteiger partial charge in [-0.1, -0.05) is 40.3 Å². The molecule has 2 aromatic rings. The van der Waals surface area contributed by atoms with E-state index in [1.807, 2.05) is 49.4 Å². The summed E-state index contributed by atoms with van der Waals surface area (Å²) < 4.78 is 18.2. The summed E-state index contributed by atoms with van der Waals surface area (Å²) in [6, 6.07) is 14.0. The van der Waals surface area contributed by atoms with Gasteiger partial charge in [-0.15, -0.1) is 0 Å². The Kier molecular flexibility index (Phi) is 17.3. The molecule has 2 aromatic carbocycles. The predicted octanol–water partition coefficient (Wildman–Crippen LogP) is 6.13. The molecule has 0 atom stereocenters. The van der Waals surface area contributed by atoms with Crippen LogP contribution in [0.4, 0.5) is 0 Å². The number of hydrogen-bond acceptors (Lipinski definition) is 7. The summed E-state index contributed by atoms with van der Waals surface area (Å²) in [6.07, 6.45) is 1.98. The van der Waals surface area contributed by atoms with Gasteiger partial charge in [-0.05, 0) is 95.9 Å². The highest BCUT2D eigenvalue weighted by atomic mass is 16.5. The minimum Gasteiger partial charge on any atom is -0.494 e. The van der Waals surface area contributed by atoms with E-state index in [4.69, 9.17) is 14.2 Å². The van der Waals surface area contributed by atoms with E-state index in [9.17, 15) is 0 Å². The van der Waals surface area contributed by atoms with Crippen LogP contribution in [0.25, 0.3) is 5.76 Å². The maximum Gasteiger partial charge on any atom is 0.134 e. The van der Waals surface area contributed by atoms with E-state index in [1.54, 1.807) is 0 Å². The Morgan fingerprint density at radius 1 is 0.643 bits per heavy atom. The largest absolute Gasteiger partial charge is 0.494 e. The molecule has 0 aromatic heterocycles. The van der Waals surface area contributed by atoms with Crippen LogP contribution >= 0.6 is 0 Å². The summed E-state index contributed by atoms with van der Waals surface area (Å²) in [6.45, 7) is 27.3. The Morgan fingerprint density at radius 3 is 1.62 bits per heavy atom. The van der Waals surface area contributed by atoms with Gasteiger partial charge in [0.25, 0.3) is 0 Å². The van der Waals surface area contributed by atoms with Crippen LogP contribution in [0.5, 0.6) is 17.2 Å². The van der Waals surface area contributed by atoms with E-state index >= 15 is 0 Å². The molecular formula is C35H58N4O3. The van der Waals surface area contributed by atoms with Crippen LogP contribution < -0.4 is 14.2 Å². The minimum absolute atomic E-state index is 0.603. The second kappa shape index (κ2) is 20.3. The summed E-state index contributed by atoms with van der Waals surface area (Å²) in [5, 5.41) is 0. The summed E-state index contributed by atoms with van der Waals surface area (Å²) in [5.41, 5.74) is 1.97. The van der Waals surface area contributed by atoms with E-state index in [0.717, 1.165) is 107 Å². The lowest BCUT2D eigenvalue weighted by Crippen LogP contribution is -2.33.